The van der Waals surface area contributed by atoms with E-state index in [1.54, 1.807) is 0 Å². The number of piperazine rings is 1. The third kappa shape index (κ3) is 5.53. The third-order valence-corrected chi connectivity index (χ3v) is 5.93. The Kier molecular flexibility index (Phi) is 7.04. The van der Waals surface area contributed by atoms with Crippen LogP contribution in [-0.4, -0.2) is 90.1 Å². The number of carbonyl (C=O) groups excluding carboxylic acids is 1. The predicted octanol–water partition coefficient (Wildman–Crippen LogP) is 1.10. The van der Waals surface area contributed by atoms with Crippen LogP contribution in [0.15, 0.2) is 24.3 Å². The van der Waals surface area contributed by atoms with Crippen molar-refractivity contribution in [1.82, 2.24) is 20.0 Å². The van der Waals surface area contributed by atoms with Gasteiger partial charge in [-0.3, -0.25) is 19.4 Å². The van der Waals surface area contributed by atoms with Crippen LogP contribution < -0.4 is 5.32 Å². The van der Waals surface area contributed by atoms with Gasteiger partial charge in [0.25, 0.3) is 5.91 Å². The molecule has 3 rings (SSSR count). The van der Waals surface area contributed by atoms with Crippen LogP contribution in [0.25, 0.3) is 0 Å². The van der Waals surface area contributed by atoms with E-state index in [2.05, 4.69) is 22.2 Å². The number of carboxylic acids is 1. The van der Waals surface area contributed by atoms with E-state index in [1.807, 2.05) is 36.1 Å². The lowest BCUT2D eigenvalue weighted by atomic mass is 9.85. The van der Waals surface area contributed by atoms with Gasteiger partial charge >= 0.3 is 5.97 Å². The Hall–Kier alpha value is -1.96. The van der Waals surface area contributed by atoms with Crippen LogP contribution in [0.1, 0.15) is 35.7 Å². The molecular weight excluding hydrogens is 356 g/mol. The summed E-state index contributed by atoms with van der Waals surface area (Å²) < 4.78 is 0. The Labute approximate surface area is 167 Å². The maximum atomic E-state index is 12.5. The minimum absolute atomic E-state index is 0.0455. The fourth-order valence-electron chi connectivity index (χ4n) is 3.97. The second-order valence-electron chi connectivity index (χ2n) is 8.03. The van der Waals surface area contributed by atoms with Crippen molar-refractivity contribution in [2.75, 3.05) is 46.3 Å². The summed E-state index contributed by atoms with van der Waals surface area (Å²) in [7, 11) is 2.15. The molecule has 7 nitrogen and oxygen atoms in total. The number of nitrogens with zero attached hydrogens (tertiary/aromatic N) is 3. The van der Waals surface area contributed by atoms with E-state index in [4.69, 9.17) is 5.11 Å². The Morgan fingerprint density at radius 2 is 1.79 bits per heavy atom. The number of rotatable bonds is 8. The molecule has 1 aromatic rings. The summed E-state index contributed by atoms with van der Waals surface area (Å²) in [6, 6.07) is 8.27. The summed E-state index contributed by atoms with van der Waals surface area (Å²) in [5, 5.41) is 12.0. The molecule has 0 radical (unpaired) electrons. The highest BCUT2D eigenvalue weighted by atomic mass is 16.4. The molecule has 0 spiro atoms. The largest absolute Gasteiger partial charge is 0.480 e. The molecule has 1 aromatic carbocycles. The minimum atomic E-state index is -0.800. The Morgan fingerprint density at radius 3 is 2.36 bits per heavy atom. The van der Waals surface area contributed by atoms with Gasteiger partial charge in [-0.25, -0.2) is 0 Å². The first-order valence-corrected chi connectivity index (χ1v) is 10.2. The summed E-state index contributed by atoms with van der Waals surface area (Å²) in [5.41, 5.74) is 1.92. The molecule has 2 aliphatic rings. The smallest absolute Gasteiger partial charge is 0.317 e. The molecule has 1 aliphatic carbocycles. The fourth-order valence-corrected chi connectivity index (χ4v) is 3.97. The SMILES string of the molecule is CCN(CC(=O)O)C1CC(NC(=O)c2ccc(CN3CCN(C)CC3)cc2)C1. The molecule has 2 N–H and O–H groups in total. The monoisotopic (exact) mass is 388 g/mol. The second-order valence-corrected chi connectivity index (χ2v) is 8.03. The van der Waals surface area contributed by atoms with Gasteiger partial charge in [0.15, 0.2) is 0 Å². The van der Waals surface area contributed by atoms with E-state index >= 15 is 0 Å². The van der Waals surface area contributed by atoms with Gasteiger partial charge in [0.2, 0.25) is 0 Å². The lowest BCUT2D eigenvalue weighted by Gasteiger charge is -2.42. The first-order chi connectivity index (χ1) is 13.4. The molecule has 28 heavy (non-hydrogen) atoms. The van der Waals surface area contributed by atoms with Crippen molar-refractivity contribution in [2.24, 2.45) is 0 Å². The highest BCUT2D eigenvalue weighted by molar-refractivity contribution is 5.94. The average Bonchev–Trinajstić information content (AvgIpc) is 2.65. The first-order valence-electron chi connectivity index (χ1n) is 10.2. The number of aliphatic carboxylic acids is 1. The molecule has 1 saturated carbocycles. The molecule has 1 aliphatic heterocycles. The maximum absolute atomic E-state index is 12.5. The number of carboxylic acid groups (broad SMARTS) is 1. The molecule has 0 aromatic heterocycles. The normalized spacial score (nSPS) is 23.4. The summed E-state index contributed by atoms with van der Waals surface area (Å²) in [6.45, 7) is 8.05. The van der Waals surface area contributed by atoms with Gasteiger partial charge in [-0.2, -0.15) is 0 Å². The standard InChI is InChI=1S/C21H32N4O3/c1-3-25(15-20(26)27)19-12-18(13-19)22-21(28)17-6-4-16(5-7-17)14-24-10-8-23(2)9-11-24/h4-7,18-19H,3,8-15H2,1-2H3,(H,22,28)(H,26,27). The molecule has 1 amide bonds. The minimum Gasteiger partial charge on any atom is -0.480 e. The number of likely N-dealkylation sites (N-methyl/N-ethyl adjacent to an activating group) is 2. The zero-order valence-electron chi connectivity index (χ0n) is 16.9. The summed E-state index contributed by atoms with van der Waals surface area (Å²) in [4.78, 5) is 30.1. The number of hydrogen-bond donors (Lipinski definition) is 2. The van der Waals surface area contributed by atoms with Gasteiger partial charge in [-0.05, 0) is 44.1 Å². The average molecular weight is 389 g/mol. The Bertz CT molecular complexity index is 665. The van der Waals surface area contributed by atoms with E-state index < -0.39 is 5.97 Å². The highest BCUT2D eigenvalue weighted by Gasteiger charge is 2.34. The van der Waals surface area contributed by atoms with Crippen molar-refractivity contribution in [3.05, 3.63) is 35.4 Å². The Balaban J connectivity index is 1.43. The molecule has 0 unspecified atom stereocenters. The van der Waals surface area contributed by atoms with Gasteiger partial charge in [0.05, 0.1) is 6.54 Å². The molecule has 0 bridgehead atoms. The third-order valence-electron chi connectivity index (χ3n) is 5.93. The van der Waals surface area contributed by atoms with Gasteiger partial charge in [0, 0.05) is 50.4 Å². The number of carbonyl (C=O) groups is 2. The molecule has 154 valence electrons. The van der Waals surface area contributed by atoms with Crippen molar-refractivity contribution < 1.29 is 14.7 Å². The van der Waals surface area contributed by atoms with E-state index in [1.165, 1.54) is 5.56 Å². The number of benzene rings is 1. The first kappa shape index (κ1) is 20.8. The van der Waals surface area contributed by atoms with E-state index in [9.17, 15) is 9.59 Å². The predicted molar refractivity (Wildman–Crippen MR) is 108 cm³/mol. The summed E-state index contributed by atoms with van der Waals surface area (Å²) in [5.74, 6) is -0.845. The van der Waals surface area contributed by atoms with E-state index in [0.29, 0.717) is 12.1 Å². The van der Waals surface area contributed by atoms with E-state index in [-0.39, 0.29) is 24.5 Å². The van der Waals surface area contributed by atoms with Crippen LogP contribution in [0.2, 0.25) is 0 Å². The Morgan fingerprint density at radius 1 is 1.14 bits per heavy atom. The van der Waals surface area contributed by atoms with Crippen LogP contribution >= 0.6 is 0 Å². The van der Waals surface area contributed by atoms with Crippen molar-refractivity contribution >= 4 is 11.9 Å². The molecule has 7 heteroatoms. The van der Waals surface area contributed by atoms with Gasteiger partial charge in [-0.1, -0.05) is 19.1 Å². The number of nitrogens with one attached hydrogen (secondary N) is 1. The molecule has 0 atom stereocenters. The van der Waals surface area contributed by atoms with E-state index in [0.717, 1.165) is 45.6 Å². The number of hydrogen-bond acceptors (Lipinski definition) is 5. The van der Waals surface area contributed by atoms with Gasteiger partial charge in [-0.15, -0.1) is 0 Å². The second kappa shape index (κ2) is 9.49. The van der Waals surface area contributed by atoms with Crippen LogP contribution in [0, 0.1) is 0 Å². The van der Waals surface area contributed by atoms with Crippen molar-refractivity contribution in [3.8, 4) is 0 Å². The van der Waals surface area contributed by atoms with Crippen molar-refractivity contribution in [1.29, 1.82) is 0 Å². The lowest BCUT2D eigenvalue weighted by Crippen LogP contribution is -2.54. The zero-order chi connectivity index (χ0) is 20.1. The molecule has 1 heterocycles. The maximum Gasteiger partial charge on any atom is 0.317 e. The summed E-state index contributed by atoms with van der Waals surface area (Å²) in [6.07, 6.45) is 1.63. The highest BCUT2D eigenvalue weighted by Crippen LogP contribution is 2.26. The van der Waals surface area contributed by atoms with Crippen LogP contribution in [0.3, 0.4) is 0 Å². The zero-order valence-corrected chi connectivity index (χ0v) is 16.9. The quantitative estimate of drug-likeness (QED) is 0.695. The topological polar surface area (TPSA) is 76.1 Å². The van der Waals surface area contributed by atoms with Crippen LogP contribution in [0.4, 0.5) is 0 Å². The lowest BCUT2D eigenvalue weighted by molar-refractivity contribution is -0.139. The number of amides is 1. The van der Waals surface area contributed by atoms with Crippen molar-refractivity contribution in [2.45, 2.75) is 38.4 Å². The molecular formula is C21H32N4O3. The summed E-state index contributed by atoms with van der Waals surface area (Å²) >= 11 is 0. The fraction of sp³-hybridized carbons (Fsp3) is 0.619. The van der Waals surface area contributed by atoms with Gasteiger partial charge in [0.1, 0.15) is 0 Å². The van der Waals surface area contributed by atoms with Crippen LogP contribution in [-0.2, 0) is 11.3 Å². The van der Waals surface area contributed by atoms with Crippen molar-refractivity contribution in [3.63, 3.8) is 0 Å². The van der Waals surface area contributed by atoms with Crippen LogP contribution in [0.5, 0.6) is 0 Å². The molecule has 1 saturated heterocycles. The molecule has 2 fully saturated rings. The van der Waals surface area contributed by atoms with Gasteiger partial charge < -0.3 is 15.3 Å².